The van der Waals surface area contributed by atoms with Crippen LogP contribution < -0.4 is 10.1 Å². The molecule has 1 aromatic carbocycles. The highest BCUT2D eigenvalue weighted by Gasteiger charge is 2.20. The van der Waals surface area contributed by atoms with Crippen LogP contribution in [0.15, 0.2) is 23.1 Å². The van der Waals surface area contributed by atoms with E-state index in [-0.39, 0.29) is 0 Å². The Hall–Kier alpha value is -1.11. The summed E-state index contributed by atoms with van der Waals surface area (Å²) in [6, 6.07) is 5.18. The molecule has 106 valence electrons. The molecule has 1 aliphatic heterocycles. The summed E-state index contributed by atoms with van der Waals surface area (Å²) >= 11 is 0. The van der Waals surface area contributed by atoms with Gasteiger partial charge in [-0.25, -0.2) is 8.42 Å². The summed E-state index contributed by atoms with van der Waals surface area (Å²) in [6.45, 7) is 4.31. The van der Waals surface area contributed by atoms with E-state index < -0.39 is 9.84 Å². The monoisotopic (exact) mass is 284 g/mol. The zero-order valence-corrected chi connectivity index (χ0v) is 12.2. The first-order chi connectivity index (χ1) is 9.02. The van der Waals surface area contributed by atoms with Gasteiger partial charge in [-0.05, 0) is 12.1 Å². The third-order valence-corrected chi connectivity index (χ3v) is 4.48. The van der Waals surface area contributed by atoms with Crippen LogP contribution in [-0.2, 0) is 16.4 Å². The van der Waals surface area contributed by atoms with Crippen molar-refractivity contribution in [3.05, 3.63) is 23.8 Å². The summed E-state index contributed by atoms with van der Waals surface area (Å²) in [5.74, 6) is 0.640. The van der Waals surface area contributed by atoms with Crippen molar-refractivity contribution in [3.8, 4) is 5.75 Å². The highest BCUT2D eigenvalue weighted by molar-refractivity contribution is 7.90. The number of nitrogens with zero attached hydrogens (tertiary/aromatic N) is 1. The number of methoxy groups -OCH3 is 1. The van der Waals surface area contributed by atoms with Crippen molar-refractivity contribution in [1.29, 1.82) is 0 Å². The normalized spacial score (nSPS) is 17.4. The molecule has 1 N–H and O–H groups in total. The molecular weight excluding hydrogens is 264 g/mol. The summed E-state index contributed by atoms with van der Waals surface area (Å²) in [7, 11) is -1.67. The van der Waals surface area contributed by atoms with Crippen molar-refractivity contribution >= 4 is 9.84 Å². The van der Waals surface area contributed by atoms with Gasteiger partial charge in [0.2, 0.25) is 0 Å². The minimum Gasteiger partial charge on any atom is -0.496 e. The molecule has 19 heavy (non-hydrogen) atoms. The molecule has 1 saturated heterocycles. The third-order valence-electron chi connectivity index (χ3n) is 3.30. The lowest BCUT2D eigenvalue weighted by molar-refractivity contribution is 0.228. The topological polar surface area (TPSA) is 58.6 Å². The van der Waals surface area contributed by atoms with Crippen LogP contribution in [0, 0.1) is 0 Å². The third kappa shape index (κ3) is 3.46. The first kappa shape index (κ1) is 14.3. The summed E-state index contributed by atoms with van der Waals surface area (Å²) in [6.07, 6.45) is 1.24. The van der Waals surface area contributed by atoms with E-state index in [9.17, 15) is 8.42 Å². The van der Waals surface area contributed by atoms with Gasteiger partial charge in [0.1, 0.15) is 5.75 Å². The Morgan fingerprint density at radius 3 is 2.58 bits per heavy atom. The molecule has 1 aliphatic rings. The first-order valence-corrected chi connectivity index (χ1v) is 8.20. The van der Waals surface area contributed by atoms with Gasteiger partial charge in [0.05, 0.1) is 12.0 Å². The fourth-order valence-electron chi connectivity index (χ4n) is 2.33. The van der Waals surface area contributed by atoms with Crippen LogP contribution in [0.4, 0.5) is 0 Å². The van der Waals surface area contributed by atoms with Gasteiger partial charge in [-0.1, -0.05) is 6.07 Å². The van der Waals surface area contributed by atoms with Crippen LogP contribution in [0.5, 0.6) is 5.75 Å². The van der Waals surface area contributed by atoms with Crippen LogP contribution in [-0.4, -0.2) is 52.9 Å². The molecule has 5 nitrogen and oxygen atoms in total. The number of rotatable bonds is 4. The zero-order valence-electron chi connectivity index (χ0n) is 11.3. The minimum absolute atomic E-state index is 0.366. The van der Waals surface area contributed by atoms with Crippen LogP contribution in [0.25, 0.3) is 0 Å². The van der Waals surface area contributed by atoms with E-state index >= 15 is 0 Å². The average molecular weight is 284 g/mol. The van der Waals surface area contributed by atoms with Crippen molar-refractivity contribution in [3.63, 3.8) is 0 Å². The van der Waals surface area contributed by atoms with E-state index in [1.165, 1.54) is 6.26 Å². The zero-order chi connectivity index (χ0) is 13.9. The van der Waals surface area contributed by atoms with Crippen molar-refractivity contribution < 1.29 is 13.2 Å². The summed E-state index contributed by atoms with van der Waals surface area (Å²) in [4.78, 5) is 2.61. The van der Waals surface area contributed by atoms with E-state index in [1.54, 1.807) is 19.2 Å². The molecule has 1 aromatic rings. The molecule has 0 spiro atoms. The molecule has 0 saturated carbocycles. The Morgan fingerprint density at radius 1 is 1.32 bits per heavy atom. The lowest BCUT2D eigenvalue weighted by Crippen LogP contribution is -2.43. The summed E-state index contributed by atoms with van der Waals surface area (Å²) in [5, 5.41) is 3.28. The smallest absolute Gasteiger partial charge is 0.175 e. The second-order valence-electron chi connectivity index (χ2n) is 4.74. The lowest BCUT2D eigenvalue weighted by atomic mass is 10.1. The maximum Gasteiger partial charge on any atom is 0.175 e. The molecule has 0 radical (unpaired) electrons. The Balaban J connectivity index is 2.35. The summed E-state index contributed by atoms with van der Waals surface area (Å²) in [5.41, 5.74) is 0.759. The molecule has 1 heterocycles. The number of hydrogen-bond donors (Lipinski definition) is 1. The highest BCUT2D eigenvalue weighted by atomic mass is 32.2. The van der Waals surface area contributed by atoms with E-state index in [0.29, 0.717) is 17.2 Å². The Labute approximate surface area is 114 Å². The molecule has 1 fully saturated rings. The molecular formula is C13H20N2O3S. The summed E-state index contributed by atoms with van der Waals surface area (Å²) < 4.78 is 29.1. The van der Waals surface area contributed by atoms with E-state index in [0.717, 1.165) is 31.7 Å². The van der Waals surface area contributed by atoms with Gasteiger partial charge >= 0.3 is 0 Å². The van der Waals surface area contributed by atoms with Crippen molar-refractivity contribution in [1.82, 2.24) is 10.2 Å². The lowest BCUT2D eigenvalue weighted by Gasteiger charge is -2.28. The predicted molar refractivity (Wildman–Crippen MR) is 74.3 cm³/mol. The van der Waals surface area contributed by atoms with Crippen LogP contribution in [0.2, 0.25) is 0 Å². The van der Waals surface area contributed by atoms with Gasteiger partial charge in [-0.2, -0.15) is 0 Å². The molecule has 0 bridgehead atoms. The van der Waals surface area contributed by atoms with Gasteiger partial charge in [-0.3, -0.25) is 4.90 Å². The Kier molecular flexibility index (Phi) is 4.44. The number of sulfone groups is 1. The SMILES string of the molecule is COc1cccc(S(C)(=O)=O)c1CN1CCNCC1. The van der Waals surface area contributed by atoms with Crippen LogP contribution in [0.3, 0.4) is 0 Å². The standard InChI is InChI=1S/C13H20N2O3S/c1-18-12-4-3-5-13(19(2,16)17)11(12)10-15-8-6-14-7-9-15/h3-5,14H,6-10H2,1-2H3. The van der Waals surface area contributed by atoms with E-state index in [4.69, 9.17) is 4.74 Å². The quantitative estimate of drug-likeness (QED) is 0.873. The first-order valence-electron chi connectivity index (χ1n) is 6.31. The number of hydrogen-bond acceptors (Lipinski definition) is 5. The molecule has 0 aromatic heterocycles. The Morgan fingerprint density at radius 2 is 2.00 bits per heavy atom. The van der Waals surface area contributed by atoms with Crippen molar-refractivity contribution in [2.45, 2.75) is 11.4 Å². The van der Waals surface area contributed by atoms with Gasteiger partial charge in [0, 0.05) is 44.5 Å². The molecule has 0 amide bonds. The number of ether oxygens (including phenoxy) is 1. The Bertz CT molecular complexity index is 537. The average Bonchev–Trinajstić information content (AvgIpc) is 2.39. The predicted octanol–water partition coefficient (Wildman–Crippen LogP) is 0.504. The van der Waals surface area contributed by atoms with Crippen molar-refractivity contribution in [2.24, 2.45) is 0 Å². The fourth-order valence-corrected chi connectivity index (χ4v) is 3.27. The van der Waals surface area contributed by atoms with E-state index in [2.05, 4.69) is 10.2 Å². The van der Waals surface area contributed by atoms with Gasteiger partial charge in [0.15, 0.2) is 9.84 Å². The highest BCUT2D eigenvalue weighted by Crippen LogP contribution is 2.27. The van der Waals surface area contributed by atoms with Crippen molar-refractivity contribution in [2.75, 3.05) is 39.5 Å². The second-order valence-corrected chi connectivity index (χ2v) is 6.72. The molecule has 6 heteroatoms. The number of piperazine rings is 1. The van der Waals surface area contributed by atoms with Gasteiger partial charge in [-0.15, -0.1) is 0 Å². The van der Waals surface area contributed by atoms with Crippen LogP contribution in [0.1, 0.15) is 5.56 Å². The molecule has 0 unspecified atom stereocenters. The maximum atomic E-state index is 11.9. The molecule has 2 rings (SSSR count). The number of benzene rings is 1. The largest absolute Gasteiger partial charge is 0.496 e. The maximum absolute atomic E-state index is 11.9. The van der Waals surface area contributed by atoms with Crippen LogP contribution >= 0.6 is 0 Å². The van der Waals surface area contributed by atoms with Gasteiger partial charge in [0.25, 0.3) is 0 Å². The second kappa shape index (κ2) is 5.90. The van der Waals surface area contributed by atoms with E-state index in [1.807, 2.05) is 6.07 Å². The van der Waals surface area contributed by atoms with Gasteiger partial charge < -0.3 is 10.1 Å². The molecule has 0 atom stereocenters. The number of nitrogens with one attached hydrogen (secondary N) is 1. The molecule has 0 aliphatic carbocycles. The minimum atomic E-state index is -3.24. The fraction of sp³-hybridized carbons (Fsp3) is 0.538.